The second-order valence-corrected chi connectivity index (χ2v) is 8.99. The minimum absolute atomic E-state index is 0. The molecule has 116 valence electrons. The third-order valence-corrected chi connectivity index (χ3v) is 9.81. The summed E-state index contributed by atoms with van der Waals surface area (Å²) >= 11 is -0.615. The molecule has 0 aromatic carbocycles. The molecule has 2 rings (SSSR count). The van der Waals surface area contributed by atoms with Gasteiger partial charge in [-0.15, -0.1) is 0 Å². The molecule has 2 aliphatic carbocycles. The third-order valence-electron chi connectivity index (χ3n) is 5.22. The Morgan fingerprint density at radius 1 is 0.714 bits per heavy atom. The van der Waals surface area contributed by atoms with Crippen LogP contribution in [0, 0.1) is 10.8 Å². The summed E-state index contributed by atoms with van der Waals surface area (Å²) < 4.78 is 3.59. The summed E-state index contributed by atoms with van der Waals surface area (Å²) in [6.45, 7) is 9.39. The van der Waals surface area contributed by atoms with E-state index < -0.39 is 23.2 Å². The number of halogens is 2. The van der Waals surface area contributed by atoms with Gasteiger partial charge < -0.3 is 24.8 Å². The summed E-state index contributed by atoms with van der Waals surface area (Å²) in [5.74, 6) is 0. The van der Waals surface area contributed by atoms with Crippen molar-refractivity contribution in [2.24, 2.45) is 10.8 Å². The molecule has 0 radical (unpaired) electrons. The molecule has 3 heteroatoms. The Hall–Kier alpha value is 0.423. The SMILES string of the molecule is CCC1(CC)C=CC=[C]1[Zr+2][C]1=CC=CC1(CC)CC.[Cl-].[Cl-]. The van der Waals surface area contributed by atoms with Gasteiger partial charge in [-0.05, 0) is 0 Å². The van der Waals surface area contributed by atoms with E-state index in [1.807, 2.05) is 0 Å². The Morgan fingerprint density at radius 2 is 1.05 bits per heavy atom. The normalized spacial score (nSPS) is 20.2. The summed E-state index contributed by atoms with van der Waals surface area (Å²) in [6, 6.07) is 0. The van der Waals surface area contributed by atoms with Crippen molar-refractivity contribution in [2.45, 2.75) is 53.4 Å². The fraction of sp³-hybridized carbons (Fsp3) is 0.556. The van der Waals surface area contributed by atoms with Crippen LogP contribution in [0.4, 0.5) is 0 Å². The van der Waals surface area contributed by atoms with Crippen molar-refractivity contribution in [2.75, 3.05) is 0 Å². The van der Waals surface area contributed by atoms with E-state index in [4.69, 9.17) is 0 Å². The quantitative estimate of drug-likeness (QED) is 0.565. The third kappa shape index (κ3) is 3.85. The number of hydrogen-bond acceptors (Lipinski definition) is 0. The van der Waals surface area contributed by atoms with Gasteiger partial charge in [0.25, 0.3) is 0 Å². The molecule has 0 heterocycles. The van der Waals surface area contributed by atoms with Crippen LogP contribution < -0.4 is 24.8 Å². The molecule has 0 unspecified atom stereocenters. The molecule has 0 aliphatic heterocycles. The molecule has 0 aromatic heterocycles. The van der Waals surface area contributed by atoms with Crippen LogP contribution in [-0.4, -0.2) is 0 Å². The van der Waals surface area contributed by atoms with Gasteiger partial charge in [-0.25, -0.2) is 0 Å². The number of rotatable bonds is 6. The maximum atomic E-state index is 2.46. The van der Waals surface area contributed by atoms with E-state index in [-0.39, 0.29) is 24.8 Å². The van der Waals surface area contributed by atoms with Gasteiger partial charge in [0.15, 0.2) is 0 Å². The monoisotopic (exact) mass is 402 g/mol. The molecule has 0 amide bonds. The standard InChI is InChI=1S/2C9H13.2ClH.Zr/c2*1-3-9(4-2)7-5-6-8-9;;;/h2*5-7H,3-4H2,1-2H3;2*1H;/q;;;;+2/p-2. The minimum Gasteiger partial charge on any atom is -1.00 e. The van der Waals surface area contributed by atoms with Crippen LogP contribution in [-0.2, 0) is 23.2 Å². The Labute approximate surface area is 154 Å². The summed E-state index contributed by atoms with van der Waals surface area (Å²) in [6.07, 6.45) is 19.5. The van der Waals surface area contributed by atoms with Crippen molar-refractivity contribution in [1.29, 1.82) is 0 Å². The number of hydrogen-bond donors (Lipinski definition) is 0. The maximum absolute atomic E-state index is 2.46. The minimum atomic E-state index is -0.615. The molecule has 0 N–H and O–H groups in total. The van der Waals surface area contributed by atoms with Crippen LogP contribution >= 0.6 is 0 Å². The average molecular weight is 405 g/mol. The Bertz CT molecular complexity index is 408. The van der Waals surface area contributed by atoms with Crippen molar-refractivity contribution < 1.29 is 48.0 Å². The molecule has 0 aromatic rings. The van der Waals surface area contributed by atoms with E-state index in [0.717, 1.165) is 0 Å². The van der Waals surface area contributed by atoms with Crippen molar-refractivity contribution in [3.8, 4) is 0 Å². The van der Waals surface area contributed by atoms with Crippen LogP contribution in [0.2, 0.25) is 0 Å². The van der Waals surface area contributed by atoms with E-state index in [0.29, 0.717) is 10.8 Å². The second-order valence-electron chi connectivity index (χ2n) is 5.73. The predicted molar refractivity (Wildman–Crippen MR) is 80.5 cm³/mol. The van der Waals surface area contributed by atoms with Gasteiger partial charge in [-0.1, -0.05) is 0 Å². The van der Waals surface area contributed by atoms with E-state index >= 15 is 0 Å². The summed E-state index contributed by atoms with van der Waals surface area (Å²) in [5, 5.41) is 0. The molecule has 0 fully saturated rings. The molecule has 2 aliphatic rings. The van der Waals surface area contributed by atoms with Crippen molar-refractivity contribution in [1.82, 2.24) is 0 Å². The summed E-state index contributed by atoms with van der Waals surface area (Å²) in [7, 11) is 0. The van der Waals surface area contributed by atoms with Crippen molar-refractivity contribution >= 4 is 0 Å². The van der Waals surface area contributed by atoms with Crippen LogP contribution in [0.3, 0.4) is 0 Å². The Balaban J connectivity index is 0.00000200. The Kier molecular flexibility index (Phi) is 9.08. The first-order valence-electron chi connectivity index (χ1n) is 7.73. The van der Waals surface area contributed by atoms with Gasteiger partial charge in [0, 0.05) is 0 Å². The zero-order valence-electron chi connectivity index (χ0n) is 13.5. The van der Waals surface area contributed by atoms with Crippen LogP contribution in [0.5, 0.6) is 0 Å². The van der Waals surface area contributed by atoms with E-state index in [2.05, 4.69) is 64.2 Å². The molecular weight excluding hydrogens is 378 g/mol. The van der Waals surface area contributed by atoms with Crippen LogP contribution in [0.25, 0.3) is 0 Å². The molecule has 21 heavy (non-hydrogen) atoms. The smallest absolute Gasteiger partial charge is 1.00 e. The molecular formula is C18H26Cl2Zr. The summed E-state index contributed by atoms with van der Waals surface area (Å²) in [5.41, 5.74) is 0.811. The molecule has 0 spiro atoms. The predicted octanol–water partition coefficient (Wildman–Crippen LogP) is -0.403. The molecule has 0 atom stereocenters. The van der Waals surface area contributed by atoms with Gasteiger partial charge in [0.05, 0.1) is 0 Å². The van der Waals surface area contributed by atoms with Gasteiger partial charge >= 0.3 is 130 Å². The van der Waals surface area contributed by atoms with Crippen LogP contribution in [0.1, 0.15) is 53.4 Å². The van der Waals surface area contributed by atoms with E-state index in [1.165, 1.54) is 25.7 Å². The summed E-state index contributed by atoms with van der Waals surface area (Å²) in [4.78, 5) is 0. The molecule has 0 saturated heterocycles. The Morgan fingerprint density at radius 3 is 1.33 bits per heavy atom. The first-order valence-corrected chi connectivity index (χ1v) is 10.2. The zero-order valence-corrected chi connectivity index (χ0v) is 17.5. The van der Waals surface area contributed by atoms with Crippen LogP contribution in [0.15, 0.2) is 43.0 Å². The van der Waals surface area contributed by atoms with Gasteiger partial charge in [0.2, 0.25) is 0 Å². The van der Waals surface area contributed by atoms with E-state index in [1.54, 1.807) is 6.56 Å². The van der Waals surface area contributed by atoms with Crippen molar-refractivity contribution in [3.05, 3.63) is 43.0 Å². The topological polar surface area (TPSA) is 0 Å². The molecule has 0 saturated carbocycles. The van der Waals surface area contributed by atoms with Crippen molar-refractivity contribution in [3.63, 3.8) is 0 Å². The first kappa shape index (κ1) is 21.4. The van der Waals surface area contributed by atoms with E-state index in [9.17, 15) is 0 Å². The zero-order chi connectivity index (χ0) is 13.9. The second kappa shape index (κ2) is 8.90. The molecule has 0 nitrogen and oxygen atoms in total. The van der Waals surface area contributed by atoms with Gasteiger partial charge in [0.1, 0.15) is 0 Å². The number of allylic oxidation sites excluding steroid dienone is 8. The molecule has 0 bridgehead atoms. The van der Waals surface area contributed by atoms with Gasteiger partial charge in [-0.2, -0.15) is 0 Å². The largest absolute Gasteiger partial charge is 1.00 e. The maximum Gasteiger partial charge on any atom is -1.00 e. The van der Waals surface area contributed by atoms with Gasteiger partial charge in [-0.3, -0.25) is 0 Å². The fourth-order valence-electron chi connectivity index (χ4n) is 3.38. The first-order chi connectivity index (χ1) is 9.16. The fourth-order valence-corrected chi connectivity index (χ4v) is 8.35. The average Bonchev–Trinajstić information content (AvgIpc) is 3.04.